The molecule has 0 aliphatic heterocycles. The molecule has 0 bridgehead atoms. The van der Waals surface area contributed by atoms with Crippen LogP contribution in [0.1, 0.15) is 74.7 Å². The summed E-state index contributed by atoms with van der Waals surface area (Å²) < 4.78 is 0. The Kier molecular flexibility index (Phi) is 103. The SMILES string of the molecule is C.CC.CC.CCCCCC. The van der Waals surface area contributed by atoms with Gasteiger partial charge < -0.3 is 0 Å². The lowest BCUT2D eigenvalue weighted by molar-refractivity contribution is 0.702. The van der Waals surface area contributed by atoms with Crippen LogP contribution in [-0.4, -0.2) is 0 Å². The van der Waals surface area contributed by atoms with Gasteiger partial charge in [0.05, 0.1) is 0 Å². The number of unbranched alkanes of at least 4 members (excludes halogenated alkanes) is 3. The number of rotatable bonds is 3. The molecule has 0 saturated carbocycles. The molecule has 0 heteroatoms. The van der Waals surface area contributed by atoms with Crippen LogP contribution in [0.3, 0.4) is 0 Å². The first-order valence-corrected chi connectivity index (χ1v) is 4.91. The summed E-state index contributed by atoms with van der Waals surface area (Å²) in [6, 6.07) is 0. The summed E-state index contributed by atoms with van der Waals surface area (Å²) in [4.78, 5) is 0. The van der Waals surface area contributed by atoms with Crippen molar-refractivity contribution in [1.29, 1.82) is 0 Å². The summed E-state index contributed by atoms with van der Waals surface area (Å²) in [5, 5.41) is 0. The predicted molar refractivity (Wildman–Crippen MR) is 59.2 cm³/mol. The second-order valence-corrected chi connectivity index (χ2v) is 1.71. The zero-order valence-corrected chi connectivity index (χ0v) is 8.83. The van der Waals surface area contributed by atoms with Gasteiger partial charge in [-0.3, -0.25) is 0 Å². The zero-order valence-electron chi connectivity index (χ0n) is 8.83. The highest BCUT2D eigenvalue weighted by molar-refractivity contribution is 4.31. The first kappa shape index (κ1) is 22.4. The molecule has 0 aromatic rings. The molecule has 0 amide bonds. The van der Waals surface area contributed by atoms with Crippen LogP contribution in [0.4, 0.5) is 0 Å². The van der Waals surface area contributed by atoms with E-state index in [1.165, 1.54) is 25.7 Å². The third-order valence-electron chi connectivity index (χ3n) is 0.957. The average molecular weight is 162 g/mol. The summed E-state index contributed by atoms with van der Waals surface area (Å²) >= 11 is 0. The van der Waals surface area contributed by atoms with Gasteiger partial charge in [-0.1, -0.05) is 74.7 Å². The molecule has 0 aliphatic rings. The maximum atomic E-state index is 2.23. The monoisotopic (exact) mass is 162 g/mol. The van der Waals surface area contributed by atoms with Crippen LogP contribution in [0.2, 0.25) is 0 Å². The van der Waals surface area contributed by atoms with Gasteiger partial charge in [-0.2, -0.15) is 0 Å². The highest BCUT2D eigenvalue weighted by atomic mass is 13.8. The van der Waals surface area contributed by atoms with Gasteiger partial charge >= 0.3 is 0 Å². The molecule has 0 aromatic heterocycles. The first-order valence-electron chi connectivity index (χ1n) is 4.91. The molecule has 0 spiro atoms. The Morgan fingerprint density at radius 2 is 0.818 bits per heavy atom. The van der Waals surface area contributed by atoms with Crippen LogP contribution in [0.15, 0.2) is 0 Å². The molecule has 0 nitrogen and oxygen atoms in total. The Hall–Kier alpha value is 0. The third kappa shape index (κ3) is 71.1. The Morgan fingerprint density at radius 1 is 0.636 bits per heavy atom. The van der Waals surface area contributed by atoms with Crippen LogP contribution >= 0.6 is 0 Å². The van der Waals surface area contributed by atoms with Crippen molar-refractivity contribution in [1.82, 2.24) is 0 Å². The Bertz CT molecular complexity index is 12.0. The molecule has 0 N–H and O–H groups in total. The van der Waals surface area contributed by atoms with E-state index < -0.39 is 0 Å². The molecule has 11 heavy (non-hydrogen) atoms. The topological polar surface area (TPSA) is 0 Å². The normalized spacial score (nSPS) is 6.00. The largest absolute Gasteiger partial charge is 0.0776 e. The summed E-state index contributed by atoms with van der Waals surface area (Å²) in [5.74, 6) is 0. The molecule has 0 saturated heterocycles. The van der Waals surface area contributed by atoms with Gasteiger partial charge in [0.2, 0.25) is 0 Å². The molecule has 0 aromatic carbocycles. The molecular weight excluding hydrogens is 132 g/mol. The van der Waals surface area contributed by atoms with Gasteiger partial charge in [0.1, 0.15) is 0 Å². The van der Waals surface area contributed by atoms with Crippen molar-refractivity contribution in [2.24, 2.45) is 0 Å². The quantitative estimate of drug-likeness (QED) is 0.496. The second-order valence-electron chi connectivity index (χ2n) is 1.71. The van der Waals surface area contributed by atoms with Gasteiger partial charge in [0.15, 0.2) is 0 Å². The van der Waals surface area contributed by atoms with E-state index in [1.807, 2.05) is 27.7 Å². The highest BCUT2D eigenvalue weighted by Gasteiger charge is 1.75. The number of hydrogen-bond acceptors (Lipinski definition) is 0. The van der Waals surface area contributed by atoms with Crippen molar-refractivity contribution >= 4 is 0 Å². The van der Waals surface area contributed by atoms with Crippen molar-refractivity contribution in [3.05, 3.63) is 0 Å². The van der Waals surface area contributed by atoms with Crippen LogP contribution in [0, 0.1) is 0 Å². The first-order chi connectivity index (χ1) is 4.91. The predicted octanol–water partition coefficient (Wildman–Crippen LogP) is 5.28. The van der Waals surface area contributed by atoms with E-state index in [0.29, 0.717) is 0 Å². The van der Waals surface area contributed by atoms with Gasteiger partial charge in [-0.15, -0.1) is 0 Å². The number of hydrogen-bond donors (Lipinski definition) is 0. The standard InChI is InChI=1S/C6H14.2C2H6.CH4/c1-3-5-6-4-2;2*1-2;/h3-6H2,1-2H3;2*1-2H3;1H4. The van der Waals surface area contributed by atoms with Crippen molar-refractivity contribution < 1.29 is 0 Å². The zero-order chi connectivity index (χ0) is 8.83. The third-order valence-corrected chi connectivity index (χ3v) is 0.957. The smallest absolute Gasteiger partial charge is 0.0536 e. The molecular formula is C11H30. The van der Waals surface area contributed by atoms with Crippen LogP contribution in [0.5, 0.6) is 0 Å². The minimum absolute atomic E-state index is 0. The fraction of sp³-hybridized carbons (Fsp3) is 1.00. The molecule has 0 unspecified atom stereocenters. The van der Waals surface area contributed by atoms with Crippen molar-refractivity contribution in [2.45, 2.75) is 74.7 Å². The van der Waals surface area contributed by atoms with E-state index in [4.69, 9.17) is 0 Å². The fourth-order valence-electron chi connectivity index (χ4n) is 0.500. The van der Waals surface area contributed by atoms with Crippen molar-refractivity contribution in [3.63, 3.8) is 0 Å². The van der Waals surface area contributed by atoms with E-state index in [9.17, 15) is 0 Å². The lowest BCUT2D eigenvalue weighted by Crippen LogP contribution is -1.66. The summed E-state index contributed by atoms with van der Waals surface area (Å²) in [5.41, 5.74) is 0. The Morgan fingerprint density at radius 3 is 0.909 bits per heavy atom. The van der Waals surface area contributed by atoms with Crippen LogP contribution in [-0.2, 0) is 0 Å². The lowest BCUT2D eigenvalue weighted by Gasteiger charge is -1.86. The van der Waals surface area contributed by atoms with Gasteiger partial charge in [0, 0.05) is 0 Å². The van der Waals surface area contributed by atoms with E-state index in [2.05, 4.69) is 13.8 Å². The molecule has 0 radical (unpaired) electrons. The van der Waals surface area contributed by atoms with Gasteiger partial charge in [-0.05, 0) is 0 Å². The molecule has 74 valence electrons. The summed E-state index contributed by atoms with van der Waals surface area (Å²) in [6.07, 6.45) is 5.54. The van der Waals surface area contributed by atoms with Crippen LogP contribution in [0.25, 0.3) is 0 Å². The molecule has 0 rings (SSSR count). The Labute approximate surface area is 75.4 Å². The van der Waals surface area contributed by atoms with Crippen molar-refractivity contribution in [2.75, 3.05) is 0 Å². The second kappa shape index (κ2) is 50.6. The maximum absolute atomic E-state index is 2.23. The minimum Gasteiger partial charge on any atom is -0.0776 e. The maximum Gasteiger partial charge on any atom is -0.0536 e. The fourth-order valence-corrected chi connectivity index (χ4v) is 0.500. The van der Waals surface area contributed by atoms with E-state index in [1.54, 1.807) is 0 Å². The minimum atomic E-state index is 0. The van der Waals surface area contributed by atoms with E-state index >= 15 is 0 Å². The Balaban J connectivity index is -0.0000000428. The van der Waals surface area contributed by atoms with Gasteiger partial charge in [-0.25, -0.2) is 0 Å². The van der Waals surface area contributed by atoms with E-state index in [-0.39, 0.29) is 7.43 Å². The summed E-state index contributed by atoms with van der Waals surface area (Å²) in [7, 11) is 0. The molecule has 0 atom stereocenters. The van der Waals surface area contributed by atoms with E-state index in [0.717, 1.165) is 0 Å². The average Bonchev–Trinajstić information content (AvgIpc) is 2.08. The van der Waals surface area contributed by atoms with Gasteiger partial charge in [0.25, 0.3) is 0 Å². The highest BCUT2D eigenvalue weighted by Crippen LogP contribution is 1.95. The summed E-state index contributed by atoms with van der Waals surface area (Å²) in [6.45, 7) is 12.5. The van der Waals surface area contributed by atoms with Crippen molar-refractivity contribution in [3.8, 4) is 0 Å². The van der Waals surface area contributed by atoms with Crippen LogP contribution < -0.4 is 0 Å². The molecule has 0 heterocycles. The molecule has 0 aliphatic carbocycles. The molecule has 0 fully saturated rings. The lowest BCUT2D eigenvalue weighted by atomic mass is 10.2.